The molecular formula is C68H132O17P2. The normalized spacial score (nSPS) is 14.6. The highest BCUT2D eigenvalue weighted by atomic mass is 31.2. The van der Waals surface area contributed by atoms with Gasteiger partial charge < -0.3 is 33.8 Å². The molecule has 3 N–H and O–H groups in total. The van der Waals surface area contributed by atoms with Gasteiger partial charge in [0.2, 0.25) is 0 Å². The van der Waals surface area contributed by atoms with Crippen molar-refractivity contribution >= 4 is 39.5 Å². The number of aliphatic hydroxyl groups is 1. The Labute approximate surface area is 530 Å². The van der Waals surface area contributed by atoms with Gasteiger partial charge in [-0.1, -0.05) is 280 Å². The highest BCUT2D eigenvalue weighted by Gasteiger charge is 2.30. The maximum Gasteiger partial charge on any atom is 0.472 e. The van der Waals surface area contributed by atoms with Gasteiger partial charge in [0.05, 0.1) is 26.4 Å². The molecular weight excluding hydrogens is 1150 g/mol. The molecule has 0 aliphatic heterocycles. The number of phosphoric ester groups is 2. The molecule has 0 amide bonds. The van der Waals surface area contributed by atoms with Gasteiger partial charge in [-0.05, 0) is 49.4 Å². The summed E-state index contributed by atoms with van der Waals surface area (Å²) in [5, 5.41) is 10.6. The summed E-state index contributed by atoms with van der Waals surface area (Å²) in [6, 6.07) is 0. The average molecular weight is 1280 g/mol. The second-order valence-corrected chi connectivity index (χ2v) is 29.1. The van der Waals surface area contributed by atoms with Crippen molar-refractivity contribution in [3.05, 3.63) is 0 Å². The van der Waals surface area contributed by atoms with Crippen molar-refractivity contribution in [2.24, 2.45) is 23.7 Å². The van der Waals surface area contributed by atoms with Gasteiger partial charge in [0.15, 0.2) is 12.2 Å². The lowest BCUT2D eigenvalue weighted by molar-refractivity contribution is -0.161. The topological polar surface area (TPSA) is 237 Å². The van der Waals surface area contributed by atoms with Crippen LogP contribution in [-0.2, 0) is 65.4 Å². The van der Waals surface area contributed by atoms with Gasteiger partial charge in [-0.3, -0.25) is 37.3 Å². The van der Waals surface area contributed by atoms with Crippen LogP contribution in [0.1, 0.15) is 331 Å². The zero-order chi connectivity index (χ0) is 64.7. The van der Waals surface area contributed by atoms with Crippen LogP contribution in [0.25, 0.3) is 0 Å². The fourth-order valence-electron chi connectivity index (χ4n) is 10.1. The van der Waals surface area contributed by atoms with Crippen molar-refractivity contribution in [2.75, 3.05) is 39.6 Å². The molecule has 87 heavy (non-hydrogen) atoms. The number of carbonyl (C=O) groups is 4. The fraction of sp³-hybridized carbons (Fsp3) is 0.941. The third-order valence-corrected chi connectivity index (χ3v) is 17.8. The first-order valence-corrected chi connectivity index (χ1v) is 38.2. The second-order valence-electron chi connectivity index (χ2n) is 26.2. The molecule has 0 aromatic heterocycles. The first-order valence-electron chi connectivity index (χ1n) is 35.2. The maximum atomic E-state index is 13.0. The van der Waals surface area contributed by atoms with Crippen LogP contribution in [0, 0.1) is 23.7 Å². The van der Waals surface area contributed by atoms with Gasteiger partial charge >= 0.3 is 39.5 Å². The van der Waals surface area contributed by atoms with Crippen molar-refractivity contribution in [1.82, 2.24) is 0 Å². The summed E-state index contributed by atoms with van der Waals surface area (Å²) in [6.07, 6.45) is 39.3. The number of hydrogen-bond donors (Lipinski definition) is 3. The van der Waals surface area contributed by atoms with E-state index in [9.17, 15) is 43.2 Å². The van der Waals surface area contributed by atoms with Crippen LogP contribution in [-0.4, -0.2) is 96.7 Å². The van der Waals surface area contributed by atoms with Crippen molar-refractivity contribution < 1.29 is 80.2 Å². The van der Waals surface area contributed by atoms with Gasteiger partial charge in [0.1, 0.15) is 19.3 Å². The molecule has 0 aliphatic rings. The number of phosphoric acid groups is 2. The van der Waals surface area contributed by atoms with E-state index in [4.69, 9.17) is 37.0 Å². The smallest absolute Gasteiger partial charge is 0.462 e. The SMILES string of the molecule is CCC(C)CCCCCCCCC(=O)OC[C@H](COP(=O)(O)OC[C@H](O)COP(=O)(O)OC[C@@H](COC(=O)CCCCCCCCCCCCCCCCCC(C)C)OC(=O)CCCCCCCCCC(C)C)OC(=O)CCCCCCCCC(C)C. The minimum Gasteiger partial charge on any atom is -0.462 e. The summed E-state index contributed by atoms with van der Waals surface area (Å²) in [5.41, 5.74) is 0. The Kier molecular flexibility index (Phi) is 56.6. The Balaban J connectivity index is 5.17. The average Bonchev–Trinajstić information content (AvgIpc) is 3.69. The third kappa shape index (κ3) is 61.3. The van der Waals surface area contributed by atoms with Crippen molar-refractivity contribution in [3.63, 3.8) is 0 Å². The van der Waals surface area contributed by atoms with E-state index in [2.05, 4.69) is 55.4 Å². The number of aliphatic hydroxyl groups excluding tert-OH is 1. The zero-order valence-electron chi connectivity index (χ0n) is 56.6. The zero-order valence-corrected chi connectivity index (χ0v) is 58.4. The monoisotopic (exact) mass is 1280 g/mol. The largest absolute Gasteiger partial charge is 0.472 e. The summed E-state index contributed by atoms with van der Waals surface area (Å²) in [5.74, 6) is 0.762. The molecule has 0 saturated heterocycles. The molecule has 0 saturated carbocycles. The number of rotatable bonds is 65. The fourth-order valence-corrected chi connectivity index (χ4v) is 11.7. The summed E-state index contributed by atoms with van der Waals surface area (Å²) in [6.45, 7) is 14.0. The van der Waals surface area contributed by atoms with Crippen LogP contribution in [0.4, 0.5) is 0 Å². The van der Waals surface area contributed by atoms with Crippen LogP contribution in [0.3, 0.4) is 0 Å². The lowest BCUT2D eigenvalue weighted by atomic mass is 10.00. The van der Waals surface area contributed by atoms with E-state index in [1.165, 1.54) is 128 Å². The first kappa shape index (κ1) is 85.1. The van der Waals surface area contributed by atoms with E-state index < -0.39 is 97.5 Å². The third-order valence-electron chi connectivity index (χ3n) is 15.9. The maximum absolute atomic E-state index is 13.0. The number of hydrogen-bond acceptors (Lipinski definition) is 15. The summed E-state index contributed by atoms with van der Waals surface area (Å²) in [4.78, 5) is 72.3. The molecule has 0 radical (unpaired) electrons. The molecule has 0 heterocycles. The minimum absolute atomic E-state index is 0.101. The summed E-state index contributed by atoms with van der Waals surface area (Å²) < 4.78 is 68.1. The highest BCUT2D eigenvalue weighted by Crippen LogP contribution is 2.45. The predicted octanol–water partition coefficient (Wildman–Crippen LogP) is 18.9. The van der Waals surface area contributed by atoms with Gasteiger partial charge in [-0.25, -0.2) is 9.13 Å². The van der Waals surface area contributed by atoms with Crippen LogP contribution in [0.2, 0.25) is 0 Å². The van der Waals surface area contributed by atoms with Crippen LogP contribution >= 0.6 is 15.6 Å². The lowest BCUT2D eigenvalue weighted by Crippen LogP contribution is -2.30. The number of unbranched alkanes of at least 4 members (excludes halogenated alkanes) is 30. The molecule has 516 valence electrons. The van der Waals surface area contributed by atoms with Crippen molar-refractivity contribution in [2.45, 2.75) is 350 Å². The van der Waals surface area contributed by atoms with Gasteiger partial charge in [0, 0.05) is 25.7 Å². The van der Waals surface area contributed by atoms with E-state index in [-0.39, 0.29) is 25.7 Å². The molecule has 0 fully saturated rings. The minimum atomic E-state index is -4.95. The number of esters is 4. The van der Waals surface area contributed by atoms with Crippen LogP contribution < -0.4 is 0 Å². The summed E-state index contributed by atoms with van der Waals surface area (Å²) in [7, 11) is -9.89. The molecule has 3 unspecified atom stereocenters. The molecule has 0 aliphatic carbocycles. The molecule has 0 aromatic rings. The highest BCUT2D eigenvalue weighted by molar-refractivity contribution is 7.47. The second kappa shape index (κ2) is 57.9. The van der Waals surface area contributed by atoms with E-state index in [0.717, 1.165) is 108 Å². The number of carbonyl (C=O) groups excluding carboxylic acids is 4. The molecule has 0 rings (SSSR count). The number of ether oxygens (including phenoxy) is 4. The molecule has 17 nitrogen and oxygen atoms in total. The van der Waals surface area contributed by atoms with Gasteiger partial charge in [-0.15, -0.1) is 0 Å². The molecule has 0 spiro atoms. The van der Waals surface area contributed by atoms with E-state index in [0.29, 0.717) is 37.5 Å². The van der Waals surface area contributed by atoms with Crippen LogP contribution in [0.5, 0.6) is 0 Å². The Morgan fingerprint density at radius 3 is 0.816 bits per heavy atom. The quantitative estimate of drug-likeness (QED) is 0.0222. The summed E-state index contributed by atoms with van der Waals surface area (Å²) >= 11 is 0. The standard InChI is InChI=1S/C68H132O17P2/c1-9-61(8)47-39-31-25-27-33-41-49-66(71)79-55-64(85-68(73)51-43-35-26-24-30-38-46-60(6)7)57-83-87(76,77)81-53-62(69)52-80-86(74,75)82-56-63(84-67(72)50-42-34-23-19-21-29-37-45-59(4)5)54-78-65(70)48-40-32-22-18-16-14-12-10-11-13-15-17-20-28-36-44-58(2)3/h58-64,69H,9-57H2,1-8H3,(H,74,75)(H,76,77)/t61?,62-,63-,64-/m1/s1. The van der Waals surface area contributed by atoms with Gasteiger partial charge in [-0.2, -0.15) is 0 Å². The molecule has 0 aromatic carbocycles. The Morgan fingerprint density at radius 2 is 0.552 bits per heavy atom. The molecule has 0 bridgehead atoms. The lowest BCUT2D eigenvalue weighted by Gasteiger charge is -2.21. The van der Waals surface area contributed by atoms with E-state index in [1.807, 2.05) is 0 Å². The first-order chi connectivity index (χ1) is 41.6. The van der Waals surface area contributed by atoms with Crippen LogP contribution in [0.15, 0.2) is 0 Å². The Bertz CT molecular complexity index is 1730. The Hall–Kier alpha value is -1.94. The van der Waals surface area contributed by atoms with Crippen molar-refractivity contribution in [1.29, 1.82) is 0 Å². The van der Waals surface area contributed by atoms with Gasteiger partial charge in [0.25, 0.3) is 0 Å². The van der Waals surface area contributed by atoms with E-state index >= 15 is 0 Å². The molecule has 6 atom stereocenters. The van der Waals surface area contributed by atoms with E-state index in [1.54, 1.807) is 0 Å². The predicted molar refractivity (Wildman–Crippen MR) is 349 cm³/mol. The van der Waals surface area contributed by atoms with Crippen molar-refractivity contribution in [3.8, 4) is 0 Å². The molecule has 19 heteroatoms. The Morgan fingerprint density at radius 1 is 0.322 bits per heavy atom.